The lowest BCUT2D eigenvalue weighted by Crippen LogP contribution is -1.97. The molecule has 0 nitrogen and oxygen atoms in total. The molecule has 0 saturated heterocycles. The van der Waals surface area contributed by atoms with Crippen LogP contribution >= 0.6 is 59.4 Å². The van der Waals surface area contributed by atoms with Crippen LogP contribution in [0.3, 0.4) is 0 Å². The molecule has 0 amide bonds. The van der Waals surface area contributed by atoms with Gasteiger partial charge in [0.1, 0.15) is 5.82 Å². The molecule has 0 fully saturated rings. The summed E-state index contributed by atoms with van der Waals surface area (Å²) in [7, 11) is 0. The van der Waals surface area contributed by atoms with Crippen LogP contribution in [0.2, 0.25) is 0 Å². The minimum absolute atomic E-state index is 0.301. The molecule has 0 aromatic heterocycles. The first-order valence-corrected chi connectivity index (χ1v) is 7.84. The third-order valence-electron chi connectivity index (χ3n) is 2.46. The zero-order chi connectivity index (χ0) is 13.3. The monoisotopic (exact) mass is 454 g/mol. The van der Waals surface area contributed by atoms with Gasteiger partial charge in [0.25, 0.3) is 0 Å². The van der Waals surface area contributed by atoms with Crippen LogP contribution in [-0.4, -0.2) is 0 Å². The minimum atomic E-state index is -0.429. The molecule has 0 saturated carbocycles. The van der Waals surface area contributed by atoms with Gasteiger partial charge in [-0.05, 0) is 47.5 Å². The lowest BCUT2D eigenvalue weighted by molar-refractivity contribution is 0.625. The number of hydrogen-bond donors (Lipinski definition) is 0. The van der Waals surface area contributed by atoms with Crippen LogP contribution in [0, 0.1) is 5.82 Å². The molecular weight excluding hydrogens is 450 g/mol. The summed E-state index contributed by atoms with van der Waals surface area (Å²) in [4.78, 5) is 0. The maximum atomic E-state index is 13.3. The Bertz CT molecular complexity index is 535. The maximum absolute atomic E-state index is 13.3. The molecule has 0 aliphatic heterocycles. The molecule has 5 heteroatoms. The van der Waals surface area contributed by atoms with Gasteiger partial charge in [0.15, 0.2) is 0 Å². The van der Waals surface area contributed by atoms with Crippen molar-refractivity contribution in [3.8, 4) is 0 Å². The van der Waals surface area contributed by atoms with Gasteiger partial charge >= 0.3 is 0 Å². The van der Waals surface area contributed by atoms with Crippen molar-refractivity contribution < 1.29 is 4.39 Å². The second-order valence-electron chi connectivity index (χ2n) is 3.69. The summed E-state index contributed by atoms with van der Waals surface area (Å²) >= 11 is 16.7. The van der Waals surface area contributed by atoms with Crippen molar-refractivity contribution in [1.29, 1.82) is 0 Å². The summed E-state index contributed by atoms with van der Waals surface area (Å²) in [6.07, 6.45) is 0. The molecule has 0 aliphatic carbocycles. The van der Waals surface area contributed by atoms with E-state index < -0.39 is 5.38 Å². The van der Waals surface area contributed by atoms with Crippen molar-refractivity contribution in [2.75, 3.05) is 0 Å². The van der Waals surface area contributed by atoms with Crippen molar-refractivity contribution in [2.45, 2.75) is 5.38 Å². The Labute approximate surface area is 135 Å². The molecule has 2 rings (SSSR count). The molecule has 0 bridgehead atoms. The van der Waals surface area contributed by atoms with E-state index in [1.54, 1.807) is 6.07 Å². The molecule has 0 N–H and O–H groups in total. The van der Waals surface area contributed by atoms with Crippen molar-refractivity contribution in [3.05, 3.63) is 66.8 Å². The van der Waals surface area contributed by atoms with Gasteiger partial charge < -0.3 is 0 Å². The van der Waals surface area contributed by atoms with E-state index in [9.17, 15) is 4.39 Å². The van der Waals surface area contributed by atoms with Gasteiger partial charge in [0, 0.05) is 13.4 Å². The normalized spacial score (nSPS) is 12.5. The second-order valence-corrected chi connectivity index (χ2v) is 6.76. The van der Waals surface area contributed by atoms with Gasteiger partial charge in [-0.25, -0.2) is 4.39 Å². The SMILES string of the molecule is Fc1ccc(Br)c(C(Cl)c2cc(Br)ccc2Br)c1. The number of alkyl halides is 1. The predicted octanol–water partition coefficient (Wildman–Crippen LogP) is 6.44. The molecule has 0 heterocycles. The first-order chi connectivity index (χ1) is 8.49. The van der Waals surface area contributed by atoms with E-state index >= 15 is 0 Å². The molecule has 18 heavy (non-hydrogen) atoms. The predicted molar refractivity (Wildman–Crippen MR) is 83.6 cm³/mol. The largest absolute Gasteiger partial charge is 0.207 e. The smallest absolute Gasteiger partial charge is 0.123 e. The standard InChI is InChI=1S/C13H7Br3ClF/c14-7-1-3-11(15)9(5-7)13(17)10-6-8(18)2-4-12(10)16/h1-6,13H. The Hall–Kier alpha value is 0.1000. The summed E-state index contributed by atoms with van der Waals surface area (Å²) in [6, 6.07) is 10.2. The van der Waals surface area contributed by atoms with Crippen LogP contribution in [-0.2, 0) is 0 Å². The number of hydrogen-bond acceptors (Lipinski definition) is 0. The van der Waals surface area contributed by atoms with E-state index in [1.807, 2.05) is 18.2 Å². The Morgan fingerprint density at radius 3 is 2.11 bits per heavy atom. The fraction of sp³-hybridized carbons (Fsp3) is 0.0769. The lowest BCUT2D eigenvalue weighted by Gasteiger charge is -2.14. The molecule has 1 unspecified atom stereocenters. The average molecular weight is 457 g/mol. The van der Waals surface area contributed by atoms with Crippen LogP contribution in [0.4, 0.5) is 4.39 Å². The first kappa shape index (κ1) is 14.5. The van der Waals surface area contributed by atoms with Gasteiger partial charge in [0.05, 0.1) is 5.38 Å². The summed E-state index contributed by atoms with van der Waals surface area (Å²) < 4.78 is 15.9. The number of benzene rings is 2. The third-order valence-corrected chi connectivity index (χ3v) is 4.87. The fourth-order valence-corrected chi connectivity index (χ4v) is 3.54. The van der Waals surface area contributed by atoms with Gasteiger partial charge in [-0.2, -0.15) is 0 Å². The van der Waals surface area contributed by atoms with Crippen LogP contribution in [0.15, 0.2) is 49.8 Å². The van der Waals surface area contributed by atoms with Crippen LogP contribution in [0.25, 0.3) is 0 Å². The topological polar surface area (TPSA) is 0 Å². The van der Waals surface area contributed by atoms with E-state index in [0.29, 0.717) is 5.56 Å². The Morgan fingerprint density at radius 1 is 0.889 bits per heavy atom. The molecule has 0 spiro atoms. The third kappa shape index (κ3) is 3.16. The summed E-state index contributed by atoms with van der Waals surface area (Å²) in [6.45, 7) is 0. The molecule has 94 valence electrons. The number of rotatable bonds is 2. The summed E-state index contributed by atoms with van der Waals surface area (Å²) in [5, 5.41) is -0.429. The zero-order valence-corrected chi connectivity index (χ0v) is 14.4. The molecule has 2 aromatic rings. The summed E-state index contributed by atoms with van der Waals surface area (Å²) in [5.41, 5.74) is 1.59. The highest BCUT2D eigenvalue weighted by Gasteiger charge is 2.17. The van der Waals surface area contributed by atoms with E-state index in [0.717, 1.165) is 19.0 Å². The van der Waals surface area contributed by atoms with E-state index in [1.165, 1.54) is 12.1 Å². The van der Waals surface area contributed by atoms with Crippen molar-refractivity contribution in [1.82, 2.24) is 0 Å². The molecule has 0 aliphatic rings. The first-order valence-electron chi connectivity index (χ1n) is 5.03. The minimum Gasteiger partial charge on any atom is -0.207 e. The number of halogens is 5. The van der Waals surface area contributed by atoms with Gasteiger partial charge in [-0.3, -0.25) is 0 Å². The Balaban J connectivity index is 2.50. The Kier molecular flexibility index (Phi) is 4.86. The highest BCUT2D eigenvalue weighted by Crippen LogP contribution is 2.38. The molecule has 0 radical (unpaired) electrons. The van der Waals surface area contributed by atoms with Gasteiger partial charge in [-0.15, -0.1) is 11.6 Å². The second kappa shape index (κ2) is 6.04. The van der Waals surface area contributed by atoms with Crippen molar-refractivity contribution >= 4 is 59.4 Å². The van der Waals surface area contributed by atoms with Gasteiger partial charge in [-0.1, -0.05) is 47.8 Å². The molecule has 1 atom stereocenters. The fourth-order valence-electron chi connectivity index (χ4n) is 1.59. The van der Waals surface area contributed by atoms with Crippen LogP contribution in [0.1, 0.15) is 16.5 Å². The van der Waals surface area contributed by atoms with Crippen molar-refractivity contribution in [2.24, 2.45) is 0 Å². The highest BCUT2D eigenvalue weighted by molar-refractivity contribution is 9.11. The van der Waals surface area contributed by atoms with E-state index in [2.05, 4.69) is 47.8 Å². The van der Waals surface area contributed by atoms with Crippen molar-refractivity contribution in [3.63, 3.8) is 0 Å². The molecular formula is C13H7Br3ClF. The average Bonchev–Trinajstić information content (AvgIpc) is 2.34. The van der Waals surface area contributed by atoms with Crippen LogP contribution in [0.5, 0.6) is 0 Å². The highest BCUT2D eigenvalue weighted by atomic mass is 79.9. The summed E-state index contributed by atoms with van der Waals surface area (Å²) in [5.74, 6) is -0.301. The van der Waals surface area contributed by atoms with E-state index in [-0.39, 0.29) is 5.82 Å². The zero-order valence-electron chi connectivity index (χ0n) is 8.93. The van der Waals surface area contributed by atoms with Crippen LogP contribution < -0.4 is 0 Å². The Morgan fingerprint density at radius 2 is 1.44 bits per heavy atom. The lowest BCUT2D eigenvalue weighted by atomic mass is 10.0. The van der Waals surface area contributed by atoms with Gasteiger partial charge in [0.2, 0.25) is 0 Å². The molecule has 2 aromatic carbocycles. The van der Waals surface area contributed by atoms with E-state index in [4.69, 9.17) is 11.6 Å². The quantitative estimate of drug-likeness (QED) is 0.456. The maximum Gasteiger partial charge on any atom is 0.123 e.